The van der Waals surface area contributed by atoms with E-state index in [-0.39, 0.29) is 6.61 Å². The quantitative estimate of drug-likeness (QED) is 0.779. The monoisotopic (exact) mass is 261 g/mol. The molecule has 1 aromatic rings. The minimum Gasteiger partial charge on any atom is -0.489 e. The lowest BCUT2D eigenvalue weighted by atomic mass is 10.4. The van der Waals surface area contributed by atoms with Crippen LogP contribution in [0.3, 0.4) is 0 Å². The van der Waals surface area contributed by atoms with Crippen LogP contribution in [0.15, 0.2) is 22.9 Å². The molecule has 76 valence electrons. The third-order valence-electron chi connectivity index (χ3n) is 1.39. The molecule has 1 atom stereocenters. The maximum absolute atomic E-state index is 10.2. The van der Waals surface area contributed by atoms with E-state index in [0.717, 1.165) is 0 Å². The van der Waals surface area contributed by atoms with Crippen LogP contribution in [0.5, 0.6) is 5.75 Å². The third kappa shape index (κ3) is 3.31. The van der Waals surface area contributed by atoms with Gasteiger partial charge in [0.05, 0.1) is 6.20 Å². The van der Waals surface area contributed by atoms with Gasteiger partial charge in [0.15, 0.2) is 6.10 Å². The van der Waals surface area contributed by atoms with Gasteiger partial charge < -0.3 is 14.9 Å². The van der Waals surface area contributed by atoms with Crippen LogP contribution >= 0.6 is 15.9 Å². The number of hydrogen-bond donors (Lipinski definition) is 2. The van der Waals surface area contributed by atoms with Gasteiger partial charge in [-0.05, 0) is 28.1 Å². The maximum Gasteiger partial charge on any atom is 0.336 e. The summed E-state index contributed by atoms with van der Waals surface area (Å²) in [5.41, 5.74) is 0. The average Bonchev–Trinajstić information content (AvgIpc) is 2.16. The number of carbonyl (C=O) groups is 1. The van der Waals surface area contributed by atoms with Gasteiger partial charge in [0, 0.05) is 0 Å². The number of aliphatic carboxylic acids is 1. The highest BCUT2D eigenvalue weighted by Crippen LogP contribution is 2.12. The Morgan fingerprint density at radius 3 is 2.86 bits per heavy atom. The topological polar surface area (TPSA) is 79.7 Å². The van der Waals surface area contributed by atoms with Crippen molar-refractivity contribution in [2.24, 2.45) is 0 Å². The fourth-order valence-electron chi connectivity index (χ4n) is 0.694. The number of carboxylic acid groups (broad SMARTS) is 1. The van der Waals surface area contributed by atoms with Crippen LogP contribution in [-0.4, -0.2) is 33.9 Å². The first-order chi connectivity index (χ1) is 6.59. The summed E-state index contributed by atoms with van der Waals surface area (Å²) in [5.74, 6) is -0.899. The number of aromatic nitrogens is 1. The third-order valence-corrected chi connectivity index (χ3v) is 1.86. The molecule has 14 heavy (non-hydrogen) atoms. The molecule has 0 aromatic carbocycles. The number of aliphatic hydroxyl groups excluding tert-OH is 1. The van der Waals surface area contributed by atoms with Crippen molar-refractivity contribution in [1.29, 1.82) is 0 Å². The van der Waals surface area contributed by atoms with E-state index in [2.05, 4.69) is 20.9 Å². The smallest absolute Gasteiger partial charge is 0.336 e. The maximum atomic E-state index is 10.2. The summed E-state index contributed by atoms with van der Waals surface area (Å²) in [7, 11) is 0. The second-order valence-corrected chi connectivity index (χ2v) is 3.29. The molecule has 1 aromatic heterocycles. The van der Waals surface area contributed by atoms with Crippen molar-refractivity contribution in [3.05, 3.63) is 22.9 Å². The molecule has 0 aliphatic carbocycles. The Kier molecular flexibility index (Phi) is 3.84. The Morgan fingerprint density at radius 1 is 1.64 bits per heavy atom. The highest BCUT2D eigenvalue weighted by atomic mass is 79.9. The van der Waals surface area contributed by atoms with E-state index in [1.807, 2.05) is 0 Å². The van der Waals surface area contributed by atoms with Crippen molar-refractivity contribution in [3.8, 4) is 5.75 Å². The first-order valence-corrected chi connectivity index (χ1v) is 4.54. The molecule has 0 bridgehead atoms. The van der Waals surface area contributed by atoms with Crippen molar-refractivity contribution in [2.75, 3.05) is 6.61 Å². The van der Waals surface area contributed by atoms with Gasteiger partial charge in [-0.3, -0.25) is 0 Å². The van der Waals surface area contributed by atoms with E-state index in [1.54, 1.807) is 12.1 Å². The van der Waals surface area contributed by atoms with Crippen LogP contribution < -0.4 is 4.74 Å². The van der Waals surface area contributed by atoms with Crippen LogP contribution in [0.2, 0.25) is 0 Å². The zero-order valence-corrected chi connectivity index (χ0v) is 8.64. The summed E-state index contributed by atoms with van der Waals surface area (Å²) in [5, 5.41) is 17.2. The van der Waals surface area contributed by atoms with E-state index < -0.39 is 12.1 Å². The molecule has 0 aliphatic rings. The lowest BCUT2D eigenvalue weighted by Crippen LogP contribution is -2.26. The molecule has 0 radical (unpaired) electrons. The number of carboxylic acids is 1. The van der Waals surface area contributed by atoms with Gasteiger partial charge in [0.2, 0.25) is 0 Å². The zero-order valence-electron chi connectivity index (χ0n) is 7.05. The average molecular weight is 262 g/mol. The predicted molar refractivity (Wildman–Crippen MR) is 51.1 cm³/mol. The molecule has 0 saturated heterocycles. The molecule has 0 saturated carbocycles. The second kappa shape index (κ2) is 4.92. The number of rotatable bonds is 4. The number of halogens is 1. The van der Waals surface area contributed by atoms with E-state index >= 15 is 0 Å². The Bertz CT molecular complexity index is 314. The zero-order chi connectivity index (χ0) is 10.6. The molecule has 0 spiro atoms. The Labute approximate surface area is 88.5 Å². The van der Waals surface area contributed by atoms with E-state index in [0.29, 0.717) is 10.4 Å². The van der Waals surface area contributed by atoms with E-state index in [9.17, 15) is 4.79 Å². The van der Waals surface area contributed by atoms with Crippen LogP contribution in [0.4, 0.5) is 0 Å². The molecular formula is C8H8BrNO4. The van der Waals surface area contributed by atoms with Crippen LogP contribution in [0.1, 0.15) is 0 Å². The molecule has 2 N–H and O–H groups in total. The highest BCUT2D eigenvalue weighted by Gasteiger charge is 2.13. The summed E-state index contributed by atoms with van der Waals surface area (Å²) in [6.07, 6.45) is -0.0859. The minimum atomic E-state index is -1.52. The number of aliphatic hydroxyl groups is 1. The van der Waals surface area contributed by atoms with Crippen molar-refractivity contribution >= 4 is 21.9 Å². The summed E-state index contributed by atoms with van der Waals surface area (Å²) in [6, 6.07) is 3.27. The molecular weight excluding hydrogens is 254 g/mol. The molecule has 0 amide bonds. The van der Waals surface area contributed by atoms with Gasteiger partial charge in [0.25, 0.3) is 0 Å². The SMILES string of the molecule is O=C(O)[C@H](O)COc1ccc(Br)nc1. The van der Waals surface area contributed by atoms with Crippen LogP contribution in [-0.2, 0) is 4.79 Å². The van der Waals surface area contributed by atoms with Crippen molar-refractivity contribution < 1.29 is 19.7 Å². The lowest BCUT2D eigenvalue weighted by molar-refractivity contribution is -0.148. The molecule has 6 heteroatoms. The highest BCUT2D eigenvalue weighted by molar-refractivity contribution is 9.10. The molecule has 0 aliphatic heterocycles. The summed E-state index contributed by atoms with van der Waals surface area (Å²) in [4.78, 5) is 14.1. The fraction of sp³-hybridized carbons (Fsp3) is 0.250. The summed E-state index contributed by atoms with van der Waals surface area (Å²) < 4.78 is 5.63. The summed E-state index contributed by atoms with van der Waals surface area (Å²) in [6.45, 7) is -0.293. The number of ether oxygens (including phenoxy) is 1. The van der Waals surface area contributed by atoms with Gasteiger partial charge in [-0.1, -0.05) is 0 Å². The minimum absolute atomic E-state index is 0.293. The van der Waals surface area contributed by atoms with Crippen molar-refractivity contribution in [1.82, 2.24) is 4.98 Å². The molecule has 1 rings (SSSR count). The normalized spacial score (nSPS) is 12.1. The number of nitrogens with zero attached hydrogens (tertiary/aromatic N) is 1. The Hall–Kier alpha value is -1.14. The van der Waals surface area contributed by atoms with Crippen molar-refractivity contribution in [2.45, 2.75) is 6.10 Å². The lowest BCUT2D eigenvalue weighted by Gasteiger charge is -2.07. The van der Waals surface area contributed by atoms with Crippen molar-refractivity contribution in [3.63, 3.8) is 0 Å². The van der Waals surface area contributed by atoms with Gasteiger partial charge in [-0.2, -0.15) is 0 Å². The largest absolute Gasteiger partial charge is 0.489 e. The number of pyridine rings is 1. The Balaban J connectivity index is 2.46. The van der Waals surface area contributed by atoms with Gasteiger partial charge >= 0.3 is 5.97 Å². The van der Waals surface area contributed by atoms with Crippen LogP contribution in [0.25, 0.3) is 0 Å². The molecule has 5 nitrogen and oxygen atoms in total. The molecule has 0 fully saturated rings. The molecule has 1 heterocycles. The van der Waals surface area contributed by atoms with Gasteiger partial charge in [-0.25, -0.2) is 9.78 Å². The summed E-state index contributed by atoms with van der Waals surface area (Å²) >= 11 is 3.14. The second-order valence-electron chi connectivity index (χ2n) is 2.48. The van der Waals surface area contributed by atoms with E-state index in [4.69, 9.17) is 14.9 Å². The predicted octanol–water partition coefficient (Wildman–Crippen LogP) is 0.668. The van der Waals surface area contributed by atoms with Crippen LogP contribution in [0, 0.1) is 0 Å². The standard InChI is InChI=1S/C8H8BrNO4/c9-7-2-1-5(3-10-7)14-4-6(11)8(12)13/h1-3,6,11H,4H2,(H,12,13)/t6-/m1/s1. The number of hydrogen-bond acceptors (Lipinski definition) is 4. The fourth-order valence-corrected chi connectivity index (χ4v) is 0.929. The van der Waals surface area contributed by atoms with E-state index in [1.165, 1.54) is 6.20 Å². The first kappa shape index (κ1) is 10.9. The van der Waals surface area contributed by atoms with Gasteiger partial charge in [-0.15, -0.1) is 0 Å². The first-order valence-electron chi connectivity index (χ1n) is 3.75. The Morgan fingerprint density at radius 2 is 2.36 bits per heavy atom. The van der Waals surface area contributed by atoms with Gasteiger partial charge in [0.1, 0.15) is 17.0 Å². The molecule has 0 unspecified atom stereocenters.